The smallest absolute Gasteiger partial charge is 0.332 e. The van der Waals surface area contributed by atoms with Crippen molar-refractivity contribution in [2.45, 2.75) is 32.4 Å². The van der Waals surface area contributed by atoms with Crippen molar-refractivity contribution < 1.29 is 0 Å². The van der Waals surface area contributed by atoms with Gasteiger partial charge in [-0.3, -0.25) is 13.9 Å². The van der Waals surface area contributed by atoms with Crippen LogP contribution in [-0.2, 0) is 20.6 Å². The van der Waals surface area contributed by atoms with Gasteiger partial charge >= 0.3 is 5.69 Å². The van der Waals surface area contributed by atoms with E-state index in [-0.39, 0.29) is 12.1 Å². The van der Waals surface area contributed by atoms with Gasteiger partial charge in [-0.25, -0.2) is 14.8 Å². The van der Waals surface area contributed by atoms with E-state index in [0.29, 0.717) is 29.0 Å². The molecule has 10 heteroatoms. The molecular weight excluding hydrogens is 420 g/mol. The molecule has 1 unspecified atom stereocenters. The fourth-order valence-electron chi connectivity index (χ4n) is 4.76. The maximum Gasteiger partial charge on any atom is 0.332 e. The summed E-state index contributed by atoms with van der Waals surface area (Å²) in [5, 5.41) is 4.28. The van der Waals surface area contributed by atoms with Crippen molar-refractivity contribution in [3.8, 4) is 0 Å². The van der Waals surface area contributed by atoms with Crippen LogP contribution in [-0.4, -0.2) is 54.8 Å². The molecule has 1 aliphatic heterocycles. The van der Waals surface area contributed by atoms with Crippen molar-refractivity contribution in [1.82, 2.24) is 34.0 Å². The molecule has 4 aromatic rings. The van der Waals surface area contributed by atoms with Crippen LogP contribution in [0.4, 0.5) is 5.95 Å². The minimum atomic E-state index is -0.432. The zero-order valence-electron chi connectivity index (χ0n) is 19.4. The molecule has 3 aromatic heterocycles. The second-order valence-corrected chi connectivity index (χ2v) is 8.69. The highest BCUT2D eigenvalue weighted by Gasteiger charge is 2.25. The molecule has 0 aliphatic carbocycles. The molecule has 0 radical (unpaired) electrons. The van der Waals surface area contributed by atoms with E-state index in [1.165, 1.54) is 9.13 Å². The molecular formula is C23H28N8O2. The summed E-state index contributed by atoms with van der Waals surface area (Å²) in [5.41, 5.74) is 1.58. The number of rotatable bonds is 4. The van der Waals surface area contributed by atoms with E-state index < -0.39 is 5.69 Å². The average Bonchev–Trinajstić information content (AvgIpc) is 3.18. The van der Waals surface area contributed by atoms with Gasteiger partial charge in [0.05, 0.1) is 12.1 Å². The lowest BCUT2D eigenvalue weighted by molar-refractivity contribution is 0.443. The van der Waals surface area contributed by atoms with Gasteiger partial charge in [-0.2, -0.15) is 4.98 Å². The molecule has 1 aliphatic rings. The maximum absolute atomic E-state index is 13.5. The Morgan fingerprint density at radius 2 is 1.88 bits per heavy atom. The number of aromatic nitrogens is 6. The molecule has 5 rings (SSSR count). The summed E-state index contributed by atoms with van der Waals surface area (Å²) in [7, 11) is 5.44. The van der Waals surface area contributed by atoms with Crippen LogP contribution >= 0.6 is 0 Å². The zero-order chi connectivity index (χ0) is 23.3. The Balaban J connectivity index is 1.62. The van der Waals surface area contributed by atoms with Crippen LogP contribution in [0.15, 0.2) is 33.9 Å². The third-order valence-corrected chi connectivity index (χ3v) is 6.59. The van der Waals surface area contributed by atoms with Crippen LogP contribution < -0.4 is 21.5 Å². The predicted octanol–water partition coefficient (Wildman–Crippen LogP) is 0.922. The van der Waals surface area contributed by atoms with Crippen molar-refractivity contribution in [1.29, 1.82) is 0 Å². The number of fused-ring (bicyclic) bond motifs is 2. The second-order valence-electron chi connectivity index (χ2n) is 8.69. The van der Waals surface area contributed by atoms with Crippen molar-refractivity contribution in [3.63, 3.8) is 0 Å². The topological polar surface area (TPSA) is 103 Å². The monoisotopic (exact) mass is 448 g/mol. The molecule has 10 nitrogen and oxygen atoms in total. The summed E-state index contributed by atoms with van der Waals surface area (Å²) in [6, 6.07) is 8.08. The number of nitrogens with zero attached hydrogens (tertiary/aromatic N) is 7. The number of piperidine rings is 1. The molecule has 0 amide bonds. The van der Waals surface area contributed by atoms with E-state index >= 15 is 0 Å². The maximum atomic E-state index is 13.5. The summed E-state index contributed by atoms with van der Waals surface area (Å²) in [5.74, 6) is 1.13. The molecule has 1 aromatic carbocycles. The SMILES string of the molecule is CNC1CCCN(c2nc3c(c(=O)n(Cc4nc(C)c5ccccc5n4)c(=O)n3C)n2C)C1. The van der Waals surface area contributed by atoms with Gasteiger partial charge < -0.3 is 14.8 Å². The van der Waals surface area contributed by atoms with E-state index in [4.69, 9.17) is 4.98 Å². The van der Waals surface area contributed by atoms with Crippen LogP contribution in [0.5, 0.6) is 0 Å². The number of likely N-dealkylation sites (N-methyl/N-ethyl adjacent to an activating group) is 1. The standard InChI is InChI=1S/C23H28N8O2/c1-14-16-9-5-6-10-17(16)26-18(25-14)13-31-21(32)19-20(29(4)23(31)33)27-22(28(19)3)30-11-7-8-15(12-30)24-2/h5-6,9-10,15,24H,7-8,11-13H2,1-4H3. The number of aryl methyl sites for hydroxylation is 3. The fourth-order valence-corrected chi connectivity index (χ4v) is 4.76. The second kappa shape index (κ2) is 8.11. The summed E-state index contributed by atoms with van der Waals surface area (Å²) in [6.07, 6.45) is 2.14. The Labute approximate surface area is 190 Å². The van der Waals surface area contributed by atoms with Gasteiger partial charge in [0.2, 0.25) is 5.95 Å². The molecule has 1 fully saturated rings. The Hall–Kier alpha value is -3.53. The molecule has 1 saturated heterocycles. The first kappa shape index (κ1) is 21.3. The molecule has 0 saturated carbocycles. The minimum Gasteiger partial charge on any atom is -0.341 e. The van der Waals surface area contributed by atoms with Crippen LogP contribution in [0.25, 0.3) is 22.1 Å². The lowest BCUT2D eigenvalue weighted by Gasteiger charge is -2.33. The van der Waals surface area contributed by atoms with Crippen molar-refractivity contribution in [2.75, 3.05) is 25.0 Å². The van der Waals surface area contributed by atoms with E-state index in [1.807, 2.05) is 45.3 Å². The molecule has 4 heterocycles. The highest BCUT2D eigenvalue weighted by molar-refractivity contribution is 5.80. The van der Waals surface area contributed by atoms with E-state index in [0.717, 1.165) is 42.5 Å². The number of benzene rings is 1. The first-order valence-corrected chi connectivity index (χ1v) is 11.2. The molecule has 0 spiro atoms. The first-order valence-electron chi connectivity index (χ1n) is 11.2. The first-order chi connectivity index (χ1) is 15.9. The number of hydrogen-bond donors (Lipinski definition) is 1. The quantitative estimate of drug-likeness (QED) is 0.495. The predicted molar refractivity (Wildman–Crippen MR) is 128 cm³/mol. The fraction of sp³-hybridized carbons (Fsp3) is 0.435. The number of nitrogens with one attached hydrogen (secondary N) is 1. The number of para-hydroxylation sites is 1. The van der Waals surface area contributed by atoms with Gasteiger partial charge in [-0.1, -0.05) is 18.2 Å². The number of imidazole rings is 1. The van der Waals surface area contributed by atoms with Crippen LogP contribution in [0.3, 0.4) is 0 Å². The van der Waals surface area contributed by atoms with Gasteiger partial charge in [0.1, 0.15) is 5.82 Å². The van der Waals surface area contributed by atoms with Gasteiger partial charge in [0.25, 0.3) is 5.56 Å². The number of hydrogen-bond acceptors (Lipinski definition) is 7. The summed E-state index contributed by atoms with van der Waals surface area (Å²) >= 11 is 0. The summed E-state index contributed by atoms with van der Waals surface area (Å²) in [6.45, 7) is 3.57. The highest BCUT2D eigenvalue weighted by Crippen LogP contribution is 2.22. The molecule has 172 valence electrons. The highest BCUT2D eigenvalue weighted by atomic mass is 16.2. The molecule has 1 atom stereocenters. The third kappa shape index (κ3) is 3.50. The Kier molecular flexibility index (Phi) is 5.24. The van der Waals surface area contributed by atoms with Crippen molar-refractivity contribution >= 4 is 28.0 Å². The molecule has 0 bridgehead atoms. The van der Waals surface area contributed by atoms with Crippen LogP contribution in [0, 0.1) is 6.92 Å². The average molecular weight is 449 g/mol. The van der Waals surface area contributed by atoms with Crippen molar-refractivity contribution in [2.24, 2.45) is 14.1 Å². The Bertz CT molecular complexity index is 1480. The lowest BCUT2D eigenvalue weighted by atomic mass is 10.1. The van der Waals surface area contributed by atoms with Gasteiger partial charge in [0, 0.05) is 44.3 Å². The van der Waals surface area contributed by atoms with Crippen LogP contribution in [0.1, 0.15) is 24.4 Å². The Morgan fingerprint density at radius 3 is 2.67 bits per heavy atom. The van der Waals surface area contributed by atoms with E-state index in [2.05, 4.69) is 20.2 Å². The summed E-state index contributed by atoms with van der Waals surface area (Å²) in [4.78, 5) is 42.7. The van der Waals surface area contributed by atoms with Gasteiger partial charge in [-0.05, 0) is 32.9 Å². The van der Waals surface area contributed by atoms with E-state index in [9.17, 15) is 9.59 Å². The van der Waals surface area contributed by atoms with Gasteiger partial charge in [0.15, 0.2) is 11.2 Å². The Morgan fingerprint density at radius 1 is 1.09 bits per heavy atom. The third-order valence-electron chi connectivity index (χ3n) is 6.59. The molecule has 33 heavy (non-hydrogen) atoms. The lowest BCUT2D eigenvalue weighted by Crippen LogP contribution is -2.45. The zero-order valence-corrected chi connectivity index (χ0v) is 19.4. The van der Waals surface area contributed by atoms with E-state index in [1.54, 1.807) is 11.6 Å². The largest absolute Gasteiger partial charge is 0.341 e. The normalized spacial score (nSPS) is 16.7. The van der Waals surface area contributed by atoms with Crippen LogP contribution in [0.2, 0.25) is 0 Å². The summed E-state index contributed by atoms with van der Waals surface area (Å²) < 4.78 is 4.44. The van der Waals surface area contributed by atoms with Gasteiger partial charge in [-0.15, -0.1) is 0 Å². The van der Waals surface area contributed by atoms with Crippen molar-refractivity contribution in [3.05, 3.63) is 56.6 Å². The minimum absolute atomic E-state index is 0.000816. The number of anilines is 1. The molecule has 1 N–H and O–H groups in total.